The molecule has 152 valence electrons. The number of benzene rings is 2. The summed E-state index contributed by atoms with van der Waals surface area (Å²) in [5, 5.41) is 10.6. The number of likely N-dealkylation sites (tertiary alicyclic amines) is 2. The second-order valence-corrected chi connectivity index (χ2v) is 8.10. The van der Waals surface area contributed by atoms with Gasteiger partial charge in [0.05, 0.1) is 6.10 Å². The standard InChI is InChI=1S/C24H28N2O3/c27-22-7-4-14-26(22)17-18-8-10-21(11-9-18)24(29)25-15-12-20(13-16-25)23(28)19-5-2-1-3-6-19/h1-3,5-6,8-11,20,23,28H,4,7,12-17H2. The molecule has 2 fully saturated rings. The van der Waals surface area contributed by atoms with E-state index in [0.29, 0.717) is 31.6 Å². The molecule has 0 saturated carbocycles. The zero-order valence-electron chi connectivity index (χ0n) is 16.7. The maximum absolute atomic E-state index is 12.9. The molecule has 2 heterocycles. The highest BCUT2D eigenvalue weighted by Crippen LogP contribution is 2.31. The van der Waals surface area contributed by atoms with E-state index < -0.39 is 6.10 Å². The van der Waals surface area contributed by atoms with Crippen LogP contribution in [0.3, 0.4) is 0 Å². The van der Waals surface area contributed by atoms with Crippen LogP contribution in [0.15, 0.2) is 54.6 Å². The van der Waals surface area contributed by atoms with Gasteiger partial charge in [0.15, 0.2) is 0 Å². The minimum Gasteiger partial charge on any atom is -0.388 e. The van der Waals surface area contributed by atoms with Crippen molar-refractivity contribution in [3.05, 3.63) is 71.3 Å². The Morgan fingerprint density at radius 3 is 2.31 bits per heavy atom. The molecule has 2 aliphatic heterocycles. The van der Waals surface area contributed by atoms with Crippen LogP contribution in [0.5, 0.6) is 0 Å². The van der Waals surface area contributed by atoms with Gasteiger partial charge in [0.25, 0.3) is 5.91 Å². The third-order valence-electron chi connectivity index (χ3n) is 6.16. The number of aliphatic hydroxyl groups excluding tert-OH is 1. The van der Waals surface area contributed by atoms with Gasteiger partial charge in [-0.05, 0) is 48.4 Å². The molecule has 0 aliphatic carbocycles. The highest BCUT2D eigenvalue weighted by molar-refractivity contribution is 5.94. The van der Waals surface area contributed by atoms with Gasteiger partial charge < -0.3 is 14.9 Å². The van der Waals surface area contributed by atoms with Crippen molar-refractivity contribution in [3.63, 3.8) is 0 Å². The number of carbonyl (C=O) groups is 2. The third kappa shape index (κ3) is 4.51. The Bertz CT molecular complexity index is 842. The Morgan fingerprint density at radius 2 is 1.69 bits per heavy atom. The Morgan fingerprint density at radius 1 is 1.00 bits per heavy atom. The SMILES string of the molecule is O=C1CCCN1Cc1ccc(C(=O)N2CCC(C(O)c3ccccc3)CC2)cc1. The summed E-state index contributed by atoms with van der Waals surface area (Å²) < 4.78 is 0. The van der Waals surface area contributed by atoms with E-state index in [-0.39, 0.29) is 17.7 Å². The van der Waals surface area contributed by atoms with Crippen molar-refractivity contribution in [2.45, 2.75) is 38.3 Å². The molecule has 0 radical (unpaired) electrons. The number of piperidine rings is 1. The van der Waals surface area contributed by atoms with Crippen molar-refractivity contribution in [1.82, 2.24) is 9.80 Å². The maximum Gasteiger partial charge on any atom is 0.253 e. The fourth-order valence-corrected chi connectivity index (χ4v) is 4.37. The van der Waals surface area contributed by atoms with Crippen LogP contribution < -0.4 is 0 Å². The molecular weight excluding hydrogens is 364 g/mol. The van der Waals surface area contributed by atoms with Gasteiger partial charge in [0, 0.05) is 38.2 Å². The number of hydrogen-bond acceptors (Lipinski definition) is 3. The van der Waals surface area contributed by atoms with Crippen LogP contribution in [0.4, 0.5) is 0 Å². The van der Waals surface area contributed by atoms with Crippen molar-refractivity contribution < 1.29 is 14.7 Å². The van der Waals surface area contributed by atoms with Gasteiger partial charge in [0.2, 0.25) is 5.91 Å². The summed E-state index contributed by atoms with van der Waals surface area (Å²) in [7, 11) is 0. The molecule has 4 rings (SSSR count). The molecule has 1 N–H and O–H groups in total. The second kappa shape index (κ2) is 8.78. The molecule has 5 heteroatoms. The molecule has 0 aromatic heterocycles. The Hall–Kier alpha value is -2.66. The molecule has 2 amide bonds. The first-order valence-corrected chi connectivity index (χ1v) is 10.5. The van der Waals surface area contributed by atoms with Crippen LogP contribution in [0.25, 0.3) is 0 Å². The van der Waals surface area contributed by atoms with Gasteiger partial charge in [-0.3, -0.25) is 9.59 Å². The number of hydrogen-bond donors (Lipinski definition) is 1. The van der Waals surface area contributed by atoms with Crippen LogP contribution in [-0.2, 0) is 11.3 Å². The lowest BCUT2D eigenvalue weighted by atomic mass is 9.87. The summed E-state index contributed by atoms with van der Waals surface area (Å²) >= 11 is 0. The van der Waals surface area contributed by atoms with Crippen LogP contribution in [0.2, 0.25) is 0 Å². The first-order chi connectivity index (χ1) is 14.1. The molecule has 1 atom stereocenters. The highest BCUT2D eigenvalue weighted by Gasteiger charge is 2.28. The predicted molar refractivity (Wildman–Crippen MR) is 111 cm³/mol. The highest BCUT2D eigenvalue weighted by atomic mass is 16.3. The first-order valence-electron chi connectivity index (χ1n) is 10.5. The molecule has 2 aromatic carbocycles. The molecule has 29 heavy (non-hydrogen) atoms. The van der Waals surface area contributed by atoms with Crippen molar-refractivity contribution in [1.29, 1.82) is 0 Å². The van der Waals surface area contributed by atoms with E-state index in [0.717, 1.165) is 36.9 Å². The number of rotatable bonds is 5. The first kappa shape index (κ1) is 19.6. The van der Waals surface area contributed by atoms with E-state index in [4.69, 9.17) is 0 Å². The Kier molecular flexibility index (Phi) is 5.95. The predicted octanol–water partition coefficient (Wildman–Crippen LogP) is 3.39. The average molecular weight is 392 g/mol. The lowest BCUT2D eigenvalue weighted by Gasteiger charge is -2.34. The average Bonchev–Trinajstić information content (AvgIpc) is 3.18. The summed E-state index contributed by atoms with van der Waals surface area (Å²) in [4.78, 5) is 28.4. The fourth-order valence-electron chi connectivity index (χ4n) is 4.37. The van der Waals surface area contributed by atoms with Crippen LogP contribution >= 0.6 is 0 Å². The summed E-state index contributed by atoms with van der Waals surface area (Å²) in [5.74, 6) is 0.439. The van der Waals surface area contributed by atoms with E-state index in [1.54, 1.807) is 0 Å². The second-order valence-electron chi connectivity index (χ2n) is 8.10. The zero-order valence-corrected chi connectivity index (χ0v) is 16.7. The third-order valence-corrected chi connectivity index (χ3v) is 6.16. The van der Waals surface area contributed by atoms with E-state index in [9.17, 15) is 14.7 Å². The number of nitrogens with zero attached hydrogens (tertiary/aromatic N) is 2. The van der Waals surface area contributed by atoms with Crippen LogP contribution in [0.1, 0.15) is 53.3 Å². The molecule has 0 spiro atoms. The van der Waals surface area contributed by atoms with E-state index in [1.807, 2.05) is 64.4 Å². The molecule has 2 aromatic rings. The summed E-state index contributed by atoms with van der Waals surface area (Å²) in [6, 6.07) is 17.4. The topological polar surface area (TPSA) is 60.9 Å². The number of aliphatic hydroxyl groups is 1. The molecule has 2 aliphatic rings. The molecule has 1 unspecified atom stereocenters. The smallest absolute Gasteiger partial charge is 0.253 e. The van der Waals surface area contributed by atoms with Crippen LogP contribution in [0, 0.1) is 5.92 Å². The quantitative estimate of drug-likeness (QED) is 0.848. The largest absolute Gasteiger partial charge is 0.388 e. The lowest BCUT2D eigenvalue weighted by molar-refractivity contribution is -0.128. The maximum atomic E-state index is 12.9. The van der Waals surface area contributed by atoms with Crippen molar-refractivity contribution in [2.24, 2.45) is 5.92 Å². The van der Waals surface area contributed by atoms with Crippen molar-refractivity contribution >= 4 is 11.8 Å². The molecule has 2 saturated heterocycles. The molecular formula is C24H28N2O3. The van der Waals surface area contributed by atoms with Gasteiger partial charge in [0.1, 0.15) is 0 Å². The summed E-state index contributed by atoms with van der Waals surface area (Å²) in [5.41, 5.74) is 2.69. The summed E-state index contributed by atoms with van der Waals surface area (Å²) in [6.45, 7) is 2.77. The zero-order chi connectivity index (χ0) is 20.2. The van der Waals surface area contributed by atoms with Gasteiger partial charge in [-0.1, -0.05) is 42.5 Å². The molecule has 0 bridgehead atoms. The minimum atomic E-state index is -0.471. The van der Waals surface area contributed by atoms with Gasteiger partial charge in [-0.2, -0.15) is 0 Å². The Balaban J connectivity index is 1.32. The monoisotopic (exact) mass is 392 g/mol. The van der Waals surface area contributed by atoms with Crippen LogP contribution in [-0.4, -0.2) is 46.4 Å². The van der Waals surface area contributed by atoms with Crippen molar-refractivity contribution in [2.75, 3.05) is 19.6 Å². The van der Waals surface area contributed by atoms with E-state index >= 15 is 0 Å². The van der Waals surface area contributed by atoms with E-state index in [2.05, 4.69) is 0 Å². The van der Waals surface area contributed by atoms with E-state index in [1.165, 1.54) is 0 Å². The van der Waals surface area contributed by atoms with Gasteiger partial charge in [-0.25, -0.2) is 0 Å². The van der Waals surface area contributed by atoms with Crippen molar-refractivity contribution in [3.8, 4) is 0 Å². The minimum absolute atomic E-state index is 0.0430. The fraction of sp³-hybridized carbons (Fsp3) is 0.417. The molecule has 5 nitrogen and oxygen atoms in total. The number of carbonyl (C=O) groups excluding carboxylic acids is 2. The normalized spacial score (nSPS) is 18.9. The lowest BCUT2D eigenvalue weighted by Crippen LogP contribution is -2.39. The summed E-state index contributed by atoms with van der Waals surface area (Å²) in [6.07, 6.45) is 2.71. The Labute approximate surface area is 171 Å². The van der Waals surface area contributed by atoms with Gasteiger partial charge >= 0.3 is 0 Å². The van der Waals surface area contributed by atoms with Gasteiger partial charge in [-0.15, -0.1) is 0 Å². The number of amides is 2.